The Hall–Kier alpha value is -2.00. The van der Waals surface area contributed by atoms with Gasteiger partial charge in [0.2, 0.25) is 11.7 Å². The predicted molar refractivity (Wildman–Crippen MR) is 114 cm³/mol. The Kier molecular flexibility index (Phi) is 6.66. The summed E-state index contributed by atoms with van der Waals surface area (Å²) in [6.07, 6.45) is 0.122. The number of hydrogen-bond donors (Lipinski definition) is 1. The summed E-state index contributed by atoms with van der Waals surface area (Å²) in [5.74, 6) is 1.24. The Morgan fingerprint density at radius 2 is 1.79 bits per heavy atom. The van der Waals surface area contributed by atoms with E-state index in [4.69, 9.17) is 37.4 Å². The highest BCUT2D eigenvalue weighted by atomic mass is 35.5. The van der Waals surface area contributed by atoms with E-state index in [0.29, 0.717) is 36.7 Å². The summed E-state index contributed by atoms with van der Waals surface area (Å²) in [5, 5.41) is 5.09. The number of halogens is 2. The van der Waals surface area contributed by atoms with Crippen molar-refractivity contribution in [3.63, 3.8) is 0 Å². The van der Waals surface area contributed by atoms with E-state index in [-0.39, 0.29) is 12.3 Å². The molecule has 0 unspecified atom stereocenters. The molecule has 1 aromatic carbocycles. The average Bonchev–Trinajstić information content (AvgIpc) is 3.26. The number of thiazole rings is 1. The minimum absolute atomic E-state index is 0.122. The number of nitrogens with zero attached hydrogens (tertiary/aromatic N) is 1. The third kappa shape index (κ3) is 4.52. The number of nitrogens with one attached hydrogen (secondary N) is 1. The van der Waals surface area contributed by atoms with E-state index in [9.17, 15) is 4.79 Å². The molecule has 6 nitrogen and oxygen atoms in total. The van der Waals surface area contributed by atoms with Crippen LogP contribution in [-0.4, -0.2) is 32.2 Å². The molecule has 0 saturated carbocycles. The van der Waals surface area contributed by atoms with Gasteiger partial charge in [-0.05, 0) is 23.8 Å². The Bertz CT molecular complexity index is 978. The van der Waals surface area contributed by atoms with Crippen LogP contribution in [0.1, 0.15) is 5.56 Å². The highest BCUT2D eigenvalue weighted by Crippen LogP contribution is 2.40. The molecule has 10 heteroatoms. The molecule has 148 valence electrons. The Balaban J connectivity index is 1.74. The fourth-order valence-corrected chi connectivity index (χ4v) is 4.76. The number of methoxy groups -OCH3 is 3. The maximum absolute atomic E-state index is 12.4. The van der Waals surface area contributed by atoms with Gasteiger partial charge in [0.15, 0.2) is 16.6 Å². The van der Waals surface area contributed by atoms with Crippen molar-refractivity contribution in [2.45, 2.75) is 6.42 Å². The second-order valence-electron chi connectivity index (χ2n) is 5.53. The summed E-state index contributed by atoms with van der Waals surface area (Å²) in [5.41, 5.74) is 2.13. The van der Waals surface area contributed by atoms with Gasteiger partial charge in [-0.3, -0.25) is 4.79 Å². The third-order valence-electron chi connectivity index (χ3n) is 3.77. The molecule has 0 saturated heterocycles. The lowest BCUT2D eigenvalue weighted by Crippen LogP contribution is -2.14. The molecule has 3 rings (SSSR count). The van der Waals surface area contributed by atoms with Crippen LogP contribution >= 0.6 is 45.9 Å². The number of hydrogen-bond acceptors (Lipinski definition) is 7. The number of ether oxygens (including phenoxy) is 3. The van der Waals surface area contributed by atoms with Crippen LogP contribution in [0.3, 0.4) is 0 Å². The first-order valence-electron chi connectivity index (χ1n) is 7.94. The molecule has 2 aromatic heterocycles. The summed E-state index contributed by atoms with van der Waals surface area (Å²) >= 11 is 14.7. The number of rotatable bonds is 7. The summed E-state index contributed by atoms with van der Waals surface area (Å²) in [6, 6.07) is 5.23. The van der Waals surface area contributed by atoms with Gasteiger partial charge in [-0.1, -0.05) is 23.2 Å². The van der Waals surface area contributed by atoms with E-state index in [0.717, 1.165) is 11.1 Å². The maximum Gasteiger partial charge on any atom is 0.230 e. The second-order valence-corrected chi connectivity index (χ2v) is 8.68. The van der Waals surface area contributed by atoms with Gasteiger partial charge < -0.3 is 19.5 Å². The van der Waals surface area contributed by atoms with Crippen LogP contribution in [0, 0.1) is 0 Å². The van der Waals surface area contributed by atoms with Gasteiger partial charge in [-0.25, -0.2) is 4.98 Å². The molecule has 0 atom stereocenters. The summed E-state index contributed by atoms with van der Waals surface area (Å²) < 4.78 is 17.1. The zero-order valence-electron chi connectivity index (χ0n) is 15.2. The van der Waals surface area contributed by atoms with Crippen LogP contribution in [0.15, 0.2) is 23.6 Å². The van der Waals surface area contributed by atoms with E-state index >= 15 is 0 Å². The van der Waals surface area contributed by atoms with Crippen LogP contribution in [0.5, 0.6) is 17.2 Å². The van der Waals surface area contributed by atoms with Crippen molar-refractivity contribution in [2.24, 2.45) is 0 Å². The molecular weight excluding hydrogens is 443 g/mol. The quantitative estimate of drug-likeness (QED) is 0.514. The second kappa shape index (κ2) is 9.00. The van der Waals surface area contributed by atoms with Gasteiger partial charge in [0.1, 0.15) is 4.34 Å². The van der Waals surface area contributed by atoms with E-state index in [1.807, 2.05) is 5.38 Å². The fraction of sp³-hybridized carbons (Fsp3) is 0.222. The standard InChI is InChI=1S/C18H16Cl2N2O4S2/c1-24-12-4-9(5-13(25-2)16(12)26-3)6-15(23)22-18-21-11(8-27-18)10-7-14(19)28-17(10)20/h4-5,7-8H,6H2,1-3H3,(H,21,22,23). The minimum atomic E-state index is -0.218. The van der Waals surface area contributed by atoms with Crippen LogP contribution in [-0.2, 0) is 11.2 Å². The summed E-state index contributed by atoms with van der Waals surface area (Å²) in [6.45, 7) is 0. The van der Waals surface area contributed by atoms with Crippen LogP contribution in [0.4, 0.5) is 5.13 Å². The number of carbonyl (C=O) groups is 1. The monoisotopic (exact) mass is 458 g/mol. The molecule has 1 N–H and O–H groups in total. The van der Waals surface area contributed by atoms with Gasteiger partial charge >= 0.3 is 0 Å². The number of thiophene rings is 1. The molecule has 0 aliphatic heterocycles. The van der Waals surface area contributed by atoms with Crippen molar-refractivity contribution >= 4 is 56.9 Å². The third-order valence-corrected chi connectivity index (χ3v) is 6.02. The van der Waals surface area contributed by atoms with Crippen molar-refractivity contribution in [3.05, 3.63) is 37.8 Å². The molecule has 1 amide bonds. The number of benzene rings is 1. The highest BCUT2D eigenvalue weighted by molar-refractivity contribution is 7.20. The lowest BCUT2D eigenvalue weighted by molar-refractivity contribution is -0.115. The van der Waals surface area contributed by atoms with Crippen LogP contribution in [0.25, 0.3) is 11.3 Å². The van der Waals surface area contributed by atoms with Crippen molar-refractivity contribution in [1.82, 2.24) is 4.98 Å². The molecule has 0 bridgehead atoms. The smallest absolute Gasteiger partial charge is 0.230 e. The van der Waals surface area contributed by atoms with E-state index < -0.39 is 0 Å². The van der Waals surface area contributed by atoms with E-state index in [1.165, 1.54) is 44.0 Å². The molecule has 2 heterocycles. The zero-order valence-corrected chi connectivity index (χ0v) is 18.3. The van der Waals surface area contributed by atoms with Gasteiger partial charge in [-0.15, -0.1) is 22.7 Å². The van der Waals surface area contributed by atoms with Crippen LogP contribution in [0.2, 0.25) is 8.67 Å². The maximum atomic E-state index is 12.4. The van der Waals surface area contributed by atoms with Crippen molar-refractivity contribution in [3.8, 4) is 28.5 Å². The average molecular weight is 459 g/mol. The predicted octanol–water partition coefficient (Wildman–Crippen LogP) is 5.39. The van der Waals surface area contributed by atoms with Crippen molar-refractivity contribution in [2.75, 3.05) is 26.6 Å². The molecule has 3 aromatic rings. The number of amides is 1. The Morgan fingerprint density at radius 1 is 1.11 bits per heavy atom. The molecule has 28 heavy (non-hydrogen) atoms. The lowest BCUT2D eigenvalue weighted by atomic mass is 10.1. The zero-order chi connectivity index (χ0) is 20.3. The van der Waals surface area contributed by atoms with Gasteiger partial charge in [0.25, 0.3) is 0 Å². The summed E-state index contributed by atoms with van der Waals surface area (Å²) in [4.78, 5) is 16.9. The van der Waals surface area contributed by atoms with Crippen LogP contribution < -0.4 is 19.5 Å². The van der Waals surface area contributed by atoms with Crippen molar-refractivity contribution in [1.29, 1.82) is 0 Å². The molecule has 0 radical (unpaired) electrons. The first-order chi connectivity index (χ1) is 13.4. The fourth-order valence-electron chi connectivity index (χ4n) is 2.56. The topological polar surface area (TPSA) is 69.7 Å². The van der Waals surface area contributed by atoms with Crippen molar-refractivity contribution < 1.29 is 19.0 Å². The molecule has 0 fully saturated rings. The first-order valence-corrected chi connectivity index (χ1v) is 10.4. The van der Waals surface area contributed by atoms with Gasteiger partial charge in [-0.2, -0.15) is 0 Å². The van der Waals surface area contributed by atoms with Gasteiger partial charge in [0, 0.05) is 10.9 Å². The number of anilines is 1. The van der Waals surface area contributed by atoms with E-state index in [2.05, 4.69) is 10.3 Å². The minimum Gasteiger partial charge on any atom is -0.493 e. The first kappa shape index (κ1) is 20.7. The SMILES string of the molecule is COc1cc(CC(=O)Nc2nc(-c3cc(Cl)sc3Cl)cs2)cc(OC)c1OC. The normalized spacial score (nSPS) is 10.6. The highest BCUT2D eigenvalue weighted by Gasteiger charge is 2.16. The lowest BCUT2D eigenvalue weighted by Gasteiger charge is -2.13. The summed E-state index contributed by atoms with van der Waals surface area (Å²) in [7, 11) is 4.58. The molecule has 0 spiro atoms. The largest absolute Gasteiger partial charge is 0.493 e. The molecular formula is C18H16Cl2N2O4S2. The van der Waals surface area contributed by atoms with E-state index in [1.54, 1.807) is 18.2 Å². The Morgan fingerprint density at radius 3 is 2.32 bits per heavy atom. The molecule has 0 aliphatic carbocycles. The molecule has 0 aliphatic rings. The van der Waals surface area contributed by atoms with Gasteiger partial charge in [0.05, 0.1) is 37.8 Å². The number of aromatic nitrogens is 1. The Labute approximate surface area is 180 Å². The number of carbonyl (C=O) groups excluding carboxylic acids is 1.